The summed E-state index contributed by atoms with van der Waals surface area (Å²) < 4.78 is 12.7. The Morgan fingerprint density at radius 2 is 1.52 bits per heavy atom. The third-order valence-electron chi connectivity index (χ3n) is 7.38. The molecular weight excluding hydrogens is 546 g/mol. The molecule has 0 saturated heterocycles. The molecule has 0 atom stereocenters. The van der Waals surface area contributed by atoms with Crippen molar-refractivity contribution in [1.82, 2.24) is 4.57 Å². The van der Waals surface area contributed by atoms with Gasteiger partial charge in [-0.15, -0.1) is 0 Å². The number of esters is 1. The number of benzene rings is 2. The highest BCUT2D eigenvalue weighted by molar-refractivity contribution is 6.30. The molecule has 224 valence electrons. The van der Waals surface area contributed by atoms with Crippen molar-refractivity contribution < 1.29 is 19.1 Å². The molecule has 3 aromatic rings. The molecule has 3 rings (SSSR count). The summed E-state index contributed by atoms with van der Waals surface area (Å²) >= 11 is 6.02. The van der Waals surface area contributed by atoms with E-state index in [0.717, 1.165) is 55.0 Å². The summed E-state index contributed by atoms with van der Waals surface area (Å²) in [5.41, 5.74) is 6.93. The first-order chi connectivity index (χ1) is 20.1. The van der Waals surface area contributed by atoms with Crippen molar-refractivity contribution in [2.45, 2.75) is 79.6 Å². The Kier molecular flexibility index (Phi) is 12.7. The van der Waals surface area contributed by atoms with Crippen LogP contribution in [-0.4, -0.2) is 30.2 Å². The van der Waals surface area contributed by atoms with E-state index in [4.69, 9.17) is 21.1 Å². The molecule has 0 bridgehead atoms. The minimum absolute atomic E-state index is 0.0669. The summed E-state index contributed by atoms with van der Waals surface area (Å²) in [6.07, 6.45) is 13.3. The van der Waals surface area contributed by atoms with Gasteiger partial charge in [-0.3, -0.25) is 14.2 Å². The maximum absolute atomic E-state index is 13.5. The van der Waals surface area contributed by atoms with Gasteiger partial charge in [0.25, 0.3) is 5.91 Å². The summed E-state index contributed by atoms with van der Waals surface area (Å²) in [4.78, 5) is 25.7. The Morgan fingerprint density at radius 3 is 2.17 bits per heavy atom. The van der Waals surface area contributed by atoms with Crippen LogP contribution in [-0.2, 0) is 16.0 Å². The number of aromatic nitrogens is 1. The second-order valence-electron chi connectivity index (χ2n) is 11.1. The smallest absolute Gasteiger partial charge is 0.310 e. The summed E-state index contributed by atoms with van der Waals surface area (Å²) in [6.45, 7) is 11.1. The van der Waals surface area contributed by atoms with Crippen molar-refractivity contribution in [2.24, 2.45) is 0 Å². The topological polar surface area (TPSA) is 57.5 Å². The average Bonchev–Trinajstić information content (AvgIpc) is 3.22. The van der Waals surface area contributed by atoms with Crippen LogP contribution in [0, 0.1) is 6.92 Å². The fraction of sp³-hybridized carbons (Fsp3) is 0.389. The molecule has 0 aliphatic rings. The van der Waals surface area contributed by atoms with Gasteiger partial charge in [0.05, 0.1) is 25.7 Å². The van der Waals surface area contributed by atoms with Crippen LogP contribution in [0.5, 0.6) is 5.75 Å². The lowest BCUT2D eigenvalue weighted by Crippen LogP contribution is -2.14. The first-order valence-electron chi connectivity index (χ1n) is 14.7. The van der Waals surface area contributed by atoms with Gasteiger partial charge in [-0.05, 0) is 121 Å². The van der Waals surface area contributed by atoms with Crippen LogP contribution in [0.2, 0.25) is 5.02 Å². The van der Waals surface area contributed by atoms with Gasteiger partial charge in [0.15, 0.2) is 0 Å². The van der Waals surface area contributed by atoms with Crippen molar-refractivity contribution in [3.8, 4) is 5.75 Å². The van der Waals surface area contributed by atoms with Crippen molar-refractivity contribution in [1.29, 1.82) is 0 Å². The number of halogens is 1. The quantitative estimate of drug-likeness (QED) is 0.107. The van der Waals surface area contributed by atoms with Crippen LogP contribution in [0.3, 0.4) is 0 Å². The largest absolute Gasteiger partial charge is 0.494 e. The highest BCUT2D eigenvalue weighted by atomic mass is 35.5. The Balaban J connectivity index is 1.63. The molecule has 0 amide bonds. The molecule has 0 aliphatic carbocycles. The van der Waals surface area contributed by atoms with Crippen molar-refractivity contribution in [3.63, 3.8) is 0 Å². The number of fused-ring (bicyclic) bond motifs is 1. The Bertz CT molecular complexity index is 1470. The zero-order chi connectivity index (χ0) is 30.6. The average molecular weight is 590 g/mol. The number of hydrogen-bond acceptors (Lipinski definition) is 4. The van der Waals surface area contributed by atoms with E-state index in [9.17, 15) is 9.59 Å². The van der Waals surface area contributed by atoms with Gasteiger partial charge in [-0.1, -0.05) is 46.5 Å². The lowest BCUT2D eigenvalue weighted by Gasteiger charge is -2.09. The van der Waals surface area contributed by atoms with Gasteiger partial charge in [0.2, 0.25) is 0 Å². The molecule has 0 saturated carbocycles. The number of ether oxygens (including phenoxy) is 2. The van der Waals surface area contributed by atoms with Crippen LogP contribution in [0.15, 0.2) is 77.4 Å². The number of unbranched alkanes of at least 4 members (excludes halogenated alkanes) is 1. The molecular formula is C36H44ClNO4. The number of hydrogen-bond donors (Lipinski definition) is 0. The predicted molar refractivity (Wildman–Crippen MR) is 174 cm³/mol. The van der Waals surface area contributed by atoms with E-state index in [1.807, 2.05) is 25.1 Å². The molecule has 0 fully saturated rings. The molecule has 0 N–H and O–H groups in total. The van der Waals surface area contributed by atoms with E-state index in [1.165, 1.54) is 23.8 Å². The zero-order valence-electron chi connectivity index (χ0n) is 25.9. The summed E-state index contributed by atoms with van der Waals surface area (Å²) in [5.74, 6) is 0.161. The maximum Gasteiger partial charge on any atom is 0.310 e. The van der Waals surface area contributed by atoms with E-state index in [1.54, 1.807) is 28.8 Å². The van der Waals surface area contributed by atoms with E-state index in [-0.39, 0.29) is 18.3 Å². The SMILES string of the molecule is COC(=O)Cc1c(C)n(C(=O)c2ccc(Cl)cc2)c2ccc(OCCC/C=C(\C)CC/C=C(\C)CCC=C(C)C)cc12. The standard InChI is InChI=1S/C36H44ClNO4/c1-25(2)11-9-13-27(4)15-10-14-26(3)12-7-8-22-42-31-20-21-34-33(23-31)32(24-35(39)41-6)28(5)38(34)36(40)29-16-18-30(37)19-17-29/h11-12,15-21,23H,7-10,13-14,22,24H2,1-6H3/b26-12+,27-15+. The molecule has 0 aliphatic heterocycles. The molecule has 2 aromatic carbocycles. The minimum Gasteiger partial charge on any atom is -0.494 e. The van der Waals surface area contributed by atoms with E-state index >= 15 is 0 Å². The molecule has 0 spiro atoms. The van der Waals surface area contributed by atoms with Crippen molar-refractivity contribution >= 4 is 34.4 Å². The monoisotopic (exact) mass is 589 g/mol. The van der Waals surface area contributed by atoms with Crippen LogP contribution in [0.1, 0.15) is 87.8 Å². The molecule has 5 nitrogen and oxygen atoms in total. The lowest BCUT2D eigenvalue weighted by molar-refractivity contribution is -0.139. The first kappa shape index (κ1) is 32.9. The van der Waals surface area contributed by atoms with Gasteiger partial charge in [-0.2, -0.15) is 0 Å². The number of nitrogens with zero attached hydrogens (tertiary/aromatic N) is 1. The second kappa shape index (κ2) is 16.2. The highest BCUT2D eigenvalue weighted by Gasteiger charge is 2.22. The fourth-order valence-corrected chi connectivity index (χ4v) is 5.06. The van der Waals surface area contributed by atoms with Gasteiger partial charge in [0.1, 0.15) is 5.75 Å². The van der Waals surface area contributed by atoms with Gasteiger partial charge in [-0.25, -0.2) is 0 Å². The van der Waals surface area contributed by atoms with Crippen molar-refractivity contribution in [3.05, 3.63) is 99.3 Å². The molecule has 1 aromatic heterocycles. The van der Waals surface area contributed by atoms with Gasteiger partial charge < -0.3 is 9.47 Å². The summed E-state index contributed by atoms with van der Waals surface area (Å²) in [7, 11) is 1.37. The van der Waals surface area contributed by atoms with Gasteiger partial charge in [0, 0.05) is 21.7 Å². The normalized spacial score (nSPS) is 12.0. The number of carbonyl (C=O) groups excluding carboxylic acids is 2. The lowest BCUT2D eigenvalue weighted by atomic mass is 10.1. The highest BCUT2D eigenvalue weighted by Crippen LogP contribution is 2.31. The Labute approximate surface area is 255 Å². The third-order valence-corrected chi connectivity index (χ3v) is 7.63. The molecule has 6 heteroatoms. The number of allylic oxidation sites excluding steroid dienone is 6. The van der Waals surface area contributed by atoms with E-state index in [0.29, 0.717) is 28.6 Å². The summed E-state index contributed by atoms with van der Waals surface area (Å²) in [5, 5.41) is 1.37. The fourth-order valence-electron chi connectivity index (χ4n) is 4.94. The number of methoxy groups -OCH3 is 1. The Hall–Kier alpha value is -3.57. The predicted octanol–water partition coefficient (Wildman–Crippen LogP) is 9.59. The number of carbonyl (C=O) groups is 2. The maximum atomic E-state index is 13.5. The molecule has 1 heterocycles. The van der Waals surface area contributed by atoms with E-state index in [2.05, 4.69) is 45.9 Å². The van der Waals surface area contributed by atoms with Crippen LogP contribution >= 0.6 is 11.6 Å². The molecule has 42 heavy (non-hydrogen) atoms. The summed E-state index contributed by atoms with van der Waals surface area (Å²) in [6, 6.07) is 12.5. The molecule has 0 radical (unpaired) electrons. The van der Waals surface area contributed by atoms with E-state index < -0.39 is 0 Å². The first-order valence-corrected chi connectivity index (χ1v) is 15.1. The molecule has 0 unspecified atom stereocenters. The second-order valence-corrected chi connectivity index (χ2v) is 11.5. The number of rotatable bonds is 14. The minimum atomic E-state index is -0.362. The van der Waals surface area contributed by atoms with Crippen LogP contribution < -0.4 is 4.74 Å². The van der Waals surface area contributed by atoms with Crippen molar-refractivity contribution in [2.75, 3.05) is 13.7 Å². The third kappa shape index (κ3) is 9.49. The zero-order valence-corrected chi connectivity index (χ0v) is 26.6. The van der Waals surface area contributed by atoms with Crippen LogP contribution in [0.25, 0.3) is 10.9 Å². The van der Waals surface area contributed by atoms with Gasteiger partial charge >= 0.3 is 5.97 Å². The Morgan fingerprint density at radius 1 is 0.881 bits per heavy atom. The van der Waals surface area contributed by atoms with Crippen LogP contribution in [0.4, 0.5) is 0 Å².